The summed E-state index contributed by atoms with van der Waals surface area (Å²) in [4.78, 5) is 52.6. The highest BCUT2D eigenvalue weighted by Crippen LogP contribution is 2.36. The average Bonchev–Trinajstić information content (AvgIpc) is 3.15. The van der Waals surface area contributed by atoms with Crippen LogP contribution in [0.1, 0.15) is 11.1 Å². The van der Waals surface area contributed by atoms with Crippen LogP contribution in [0.4, 0.5) is 4.79 Å². The molecule has 5 rings (SSSR count). The summed E-state index contributed by atoms with van der Waals surface area (Å²) >= 11 is 0. The molecule has 0 aromatic heterocycles. The Morgan fingerprint density at radius 3 is 2.09 bits per heavy atom. The number of carbonyl (C=O) groups excluding carboxylic acids is 4. The third-order valence-electron chi connectivity index (χ3n) is 5.88. The lowest BCUT2D eigenvalue weighted by Crippen LogP contribution is -2.50. The van der Waals surface area contributed by atoms with E-state index >= 15 is 0 Å². The van der Waals surface area contributed by atoms with Crippen LogP contribution in [0.25, 0.3) is 0 Å². The highest BCUT2D eigenvalue weighted by atomic mass is 16.6. The number of hydrogen-bond acceptors (Lipinski definition) is 6. The van der Waals surface area contributed by atoms with Crippen molar-refractivity contribution in [3.05, 3.63) is 96.1 Å². The van der Waals surface area contributed by atoms with Gasteiger partial charge in [0, 0.05) is 0 Å². The topological polar surface area (TPSA) is 114 Å². The third-order valence-corrected chi connectivity index (χ3v) is 5.88. The number of para-hydroxylation sites is 2. The molecule has 0 aliphatic carbocycles. The van der Waals surface area contributed by atoms with Crippen molar-refractivity contribution in [2.75, 3.05) is 13.2 Å². The number of urea groups is 1. The first-order valence-electron chi connectivity index (χ1n) is 11.0. The van der Waals surface area contributed by atoms with Gasteiger partial charge in [-0.05, 0) is 23.3 Å². The SMILES string of the molecule is O=C(CN1C(=O)NC(c2ccccc2)(c2ccccc2)C1=O)NC(=O)[C@H]1COc2ccccc2O1. The number of hydrogen-bond donors (Lipinski definition) is 2. The van der Waals surface area contributed by atoms with Gasteiger partial charge in [0.15, 0.2) is 17.0 Å². The molecule has 3 aromatic carbocycles. The van der Waals surface area contributed by atoms with Crippen molar-refractivity contribution in [1.29, 1.82) is 0 Å². The van der Waals surface area contributed by atoms with Gasteiger partial charge in [0.25, 0.3) is 11.8 Å². The Labute approximate surface area is 200 Å². The maximum Gasteiger partial charge on any atom is 0.326 e. The van der Waals surface area contributed by atoms with Crippen LogP contribution < -0.4 is 20.1 Å². The molecule has 35 heavy (non-hydrogen) atoms. The van der Waals surface area contributed by atoms with Crippen LogP contribution in [0.2, 0.25) is 0 Å². The molecule has 0 radical (unpaired) electrons. The Kier molecular flexibility index (Phi) is 5.66. The highest BCUT2D eigenvalue weighted by Gasteiger charge is 2.54. The molecule has 2 aliphatic heterocycles. The molecule has 176 valence electrons. The molecule has 0 unspecified atom stereocenters. The van der Waals surface area contributed by atoms with Gasteiger partial charge in [-0.1, -0.05) is 72.8 Å². The van der Waals surface area contributed by atoms with E-state index in [2.05, 4.69) is 10.6 Å². The van der Waals surface area contributed by atoms with E-state index in [9.17, 15) is 19.2 Å². The fraction of sp³-hybridized carbons (Fsp3) is 0.154. The van der Waals surface area contributed by atoms with E-state index in [1.807, 2.05) is 0 Å². The van der Waals surface area contributed by atoms with Gasteiger partial charge in [-0.25, -0.2) is 4.79 Å². The summed E-state index contributed by atoms with van der Waals surface area (Å²) in [5.74, 6) is -1.28. The Morgan fingerprint density at radius 2 is 1.46 bits per heavy atom. The summed E-state index contributed by atoms with van der Waals surface area (Å²) in [6.45, 7) is -0.716. The first-order chi connectivity index (χ1) is 17.0. The third kappa shape index (κ3) is 3.97. The van der Waals surface area contributed by atoms with E-state index in [0.717, 1.165) is 4.90 Å². The molecule has 1 saturated heterocycles. The predicted molar refractivity (Wildman–Crippen MR) is 123 cm³/mol. The van der Waals surface area contributed by atoms with E-state index in [-0.39, 0.29) is 6.61 Å². The fourth-order valence-electron chi connectivity index (χ4n) is 4.20. The number of ether oxygens (including phenoxy) is 2. The minimum Gasteiger partial charge on any atom is -0.485 e. The summed E-state index contributed by atoms with van der Waals surface area (Å²) in [5.41, 5.74) is -0.390. The summed E-state index contributed by atoms with van der Waals surface area (Å²) in [5, 5.41) is 4.96. The quantitative estimate of drug-likeness (QED) is 0.550. The molecule has 1 atom stereocenters. The van der Waals surface area contributed by atoms with Gasteiger partial charge >= 0.3 is 6.03 Å². The average molecular weight is 471 g/mol. The van der Waals surface area contributed by atoms with Crippen molar-refractivity contribution in [3.63, 3.8) is 0 Å². The zero-order valence-corrected chi connectivity index (χ0v) is 18.5. The van der Waals surface area contributed by atoms with Gasteiger partial charge < -0.3 is 14.8 Å². The van der Waals surface area contributed by atoms with Gasteiger partial charge in [-0.3, -0.25) is 24.6 Å². The van der Waals surface area contributed by atoms with E-state index in [1.54, 1.807) is 84.9 Å². The minimum atomic E-state index is -1.49. The van der Waals surface area contributed by atoms with Crippen LogP contribution in [0.3, 0.4) is 0 Å². The molecule has 0 saturated carbocycles. The number of rotatable bonds is 5. The van der Waals surface area contributed by atoms with Crippen LogP contribution in [0.15, 0.2) is 84.9 Å². The van der Waals surface area contributed by atoms with E-state index < -0.39 is 41.9 Å². The number of benzene rings is 3. The van der Waals surface area contributed by atoms with Crippen molar-refractivity contribution >= 4 is 23.8 Å². The van der Waals surface area contributed by atoms with E-state index in [4.69, 9.17) is 9.47 Å². The number of fused-ring (bicyclic) bond motifs is 1. The van der Waals surface area contributed by atoms with Crippen molar-refractivity contribution in [1.82, 2.24) is 15.5 Å². The van der Waals surface area contributed by atoms with Crippen LogP contribution in [-0.4, -0.2) is 47.9 Å². The molecule has 0 bridgehead atoms. The molecule has 1 fully saturated rings. The van der Waals surface area contributed by atoms with Gasteiger partial charge in [0.1, 0.15) is 13.2 Å². The molecule has 9 nitrogen and oxygen atoms in total. The van der Waals surface area contributed by atoms with E-state index in [1.165, 1.54) is 0 Å². The summed E-state index contributed by atoms with van der Waals surface area (Å²) < 4.78 is 11.1. The molecule has 2 aliphatic rings. The lowest BCUT2D eigenvalue weighted by molar-refractivity contribution is -0.139. The second-order valence-corrected chi connectivity index (χ2v) is 8.08. The monoisotopic (exact) mass is 471 g/mol. The van der Waals surface area contributed by atoms with Crippen LogP contribution in [-0.2, 0) is 19.9 Å². The Morgan fingerprint density at radius 1 is 0.886 bits per heavy atom. The summed E-state index contributed by atoms with van der Waals surface area (Å²) in [6, 6.07) is 23.7. The van der Waals surface area contributed by atoms with Gasteiger partial charge in [-0.2, -0.15) is 0 Å². The number of imide groups is 2. The second-order valence-electron chi connectivity index (χ2n) is 8.08. The van der Waals surface area contributed by atoms with Crippen LogP contribution in [0, 0.1) is 0 Å². The van der Waals surface area contributed by atoms with Crippen molar-refractivity contribution in [3.8, 4) is 11.5 Å². The minimum absolute atomic E-state index is 0.0790. The summed E-state index contributed by atoms with van der Waals surface area (Å²) in [6.07, 6.45) is -1.05. The molecular formula is C26H21N3O6. The largest absolute Gasteiger partial charge is 0.485 e. The molecule has 3 aromatic rings. The molecule has 9 heteroatoms. The van der Waals surface area contributed by atoms with Crippen LogP contribution in [0.5, 0.6) is 11.5 Å². The smallest absolute Gasteiger partial charge is 0.326 e. The highest BCUT2D eigenvalue weighted by molar-refractivity contribution is 6.12. The van der Waals surface area contributed by atoms with Crippen molar-refractivity contribution < 1.29 is 28.7 Å². The number of nitrogens with one attached hydrogen (secondary N) is 2. The van der Waals surface area contributed by atoms with Crippen LogP contribution >= 0.6 is 0 Å². The first kappa shape index (κ1) is 22.1. The standard InChI is InChI=1S/C26H21N3O6/c30-22(27-23(31)21-16-34-19-13-7-8-14-20(19)35-21)15-29-24(32)26(28-25(29)33,17-9-3-1-4-10-17)18-11-5-2-6-12-18/h1-14,21H,15-16H2,(H,28,33)(H,27,30,31)/t21-/m1/s1. The second kappa shape index (κ2) is 8.94. The molecule has 2 heterocycles. The Hall–Kier alpha value is -4.66. The van der Waals surface area contributed by atoms with E-state index in [0.29, 0.717) is 22.6 Å². The first-order valence-corrected chi connectivity index (χ1v) is 11.0. The maximum atomic E-state index is 13.6. The van der Waals surface area contributed by atoms with Gasteiger partial charge in [0.2, 0.25) is 12.0 Å². The fourth-order valence-corrected chi connectivity index (χ4v) is 4.20. The lowest BCUT2D eigenvalue weighted by atomic mass is 9.82. The summed E-state index contributed by atoms with van der Waals surface area (Å²) in [7, 11) is 0. The Balaban J connectivity index is 1.33. The van der Waals surface area contributed by atoms with Crippen molar-refractivity contribution in [2.24, 2.45) is 0 Å². The number of amides is 5. The van der Waals surface area contributed by atoms with Crippen molar-refractivity contribution in [2.45, 2.75) is 11.6 Å². The predicted octanol–water partition coefficient (Wildman–Crippen LogP) is 1.96. The zero-order chi connectivity index (χ0) is 24.4. The number of nitrogens with zero attached hydrogens (tertiary/aromatic N) is 1. The van der Waals surface area contributed by atoms with Gasteiger partial charge in [0.05, 0.1) is 0 Å². The Bertz CT molecular complexity index is 1260. The molecule has 2 N–H and O–H groups in total. The molecular weight excluding hydrogens is 450 g/mol. The molecule has 0 spiro atoms. The lowest BCUT2D eigenvalue weighted by Gasteiger charge is -2.28. The maximum absolute atomic E-state index is 13.6. The zero-order valence-electron chi connectivity index (χ0n) is 18.5. The molecule has 5 amide bonds. The van der Waals surface area contributed by atoms with Gasteiger partial charge in [-0.15, -0.1) is 0 Å². The number of carbonyl (C=O) groups is 4. The normalized spacial score (nSPS) is 18.1.